The summed E-state index contributed by atoms with van der Waals surface area (Å²) in [6.45, 7) is 0.750. The van der Waals surface area contributed by atoms with E-state index in [2.05, 4.69) is 4.98 Å². The summed E-state index contributed by atoms with van der Waals surface area (Å²) in [5.41, 5.74) is 12.2. The molecule has 0 radical (unpaired) electrons. The van der Waals surface area contributed by atoms with Gasteiger partial charge in [-0.25, -0.2) is 4.98 Å². The van der Waals surface area contributed by atoms with Crippen molar-refractivity contribution in [3.8, 4) is 0 Å². The van der Waals surface area contributed by atoms with Gasteiger partial charge in [-0.15, -0.1) is 0 Å². The van der Waals surface area contributed by atoms with E-state index < -0.39 is 0 Å². The van der Waals surface area contributed by atoms with Gasteiger partial charge in [0.1, 0.15) is 5.82 Å². The lowest BCUT2D eigenvalue weighted by Crippen LogP contribution is -2.01. The zero-order valence-electron chi connectivity index (χ0n) is 7.16. The average Bonchev–Trinajstić information content (AvgIpc) is 2.09. The summed E-state index contributed by atoms with van der Waals surface area (Å²) in [7, 11) is 0. The molecule has 0 saturated heterocycles. The van der Waals surface area contributed by atoms with E-state index in [1.807, 2.05) is 12.1 Å². The van der Waals surface area contributed by atoms with Crippen LogP contribution in [0.5, 0.6) is 0 Å². The van der Waals surface area contributed by atoms with E-state index in [1.165, 1.54) is 0 Å². The van der Waals surface area contributed by atoms with Gasteiger partial charge >= 0.3 is 0 Å². The number of pyridine rings is 1. The fourth-order valence-electron chi connectivity index (χ4n) is 1.12. The number of nitrogens with two attached hydrogens (primary N) is 2. The molecule has 1 rings (SSSR count). The van der Waals surface area contributed by atoms with Gasteiger partial charge in [0, 0.05) is 6.20 Å². The predicted octanol–water partition coefficient (Wildman–Crippen LogP) is 0.945. The molecule has 0 fully saturated rings. The van der Waals surface area contributed by atoms with Gasteiger partial charge in [-0.2, -0.15) is 0 Å². The number of hydrogen-bond acceptors (Lipinski definition) is 3. The zero-order chi connectivity index (χ0) is 8.81. The van der Waals surface area contributed by atoms with Crippen molar-refractivity contribution < 1.29 is 0 Å². The summed E-state index contributed by atoms with van der Waals surface area (Å²) in [5, 5.41) is 0. The van der Waals surface area contributed by atoms with Crippen molar-refractivity contribution in [2.45, 2.75) is 19.3 Å². The Hall–Kier alpha value is -1.09. The third-order valence-corrected chi connectivity index (χ3v) is 1.83. The van der Waals surface area contributed by atoms with Crippen LogP contribution in [-0.2, 0) is 6.42 Å². The van der Waals surface area contributed by atoms with E-state index >= 15 is 0 Å². The van der Waals surface area contributed by atoms with Gasteiger partial charge in [0.05, 0.1) is 0 Å². The van der Waals surface area contributed by atoms with Crippen LogP contribution in [0.25, 0.3) is 0 Å². The summed E-state index contributed by atoms with van der Waals surface area (Å²) in [5.74, 6) is 0.648. The van der Waals surface area contributed by atoms with Crippen LogP contribution in [0.1, 0.15) is 18.4 Å². The van der Waals surface area contributed by atoms with Gasteiger partial charge < -0.3 is 11.5 Å². The molecular weight excluding hydrogens is 150 g/mol. The standard InChI is InChI=1S/C9H15N3/c10-6-2-1-4-8-5-3-7-12-9(8)11/h3,5,7H,1-2,4,6,10H2,(H2,11,12). The number of hydrogen-bond donors (Lipinski definition) is 2. The molecule has 1 heterocycles. The van der Waals surface area contributed by atoms with Gasteiger partial charge in [-0.1, -0.05) is 6.07 Å². The maximum Gasteiger partial charge on any atom is 0.126 e. The Morgan fingerprint density at radius 3 is 2.83 bits per heavy atom. The number of nitrogen functional groups attached to an aromatic ring is 1. The number of aromatic nitrogens is 1. The molecule has 4 N–H and O–H groups in total. The average molecular weight is 165 g/mol. The van der Waals surface area contributed by atoms with Crippen LogP contribution in [0.4, 0.5) is 5.82 Å². The molecule has 12 heavy (non-hydrogen) atoms. The van der Waals surface area contributed by atoms with E-state index in [0.717, 1.165) is 31.4 Å². The van der Waals surface area contributed by atoms with Crippen molar-refractivity contribution in [3.05, 3.63) is 23.9 Å². The fourth-order valence-corrected chi connectivity index (χ4v) is 1.12. The van der Waals surface area contributed by atoms with Crippen LogP contribution in [0.3, 0.4) is 0 Å². The highest BCUT2D eigenvalue weighted by molar-refractivity contribution is 5.38. The van der Waals surface area contributed by atoms with Crippen LogP contribution in [0.15, 0.2) is 18.3 Å². The molecule has 0 spiro atoms. The van der Waals surface area contributed by atoms with E-state index in [-0.39, 0.29) is 0 Å². The molecule has 0 atom stereocenters. The lowest BCUT2D eigenvalue weighted by molar-refractivity contribution is 0.744. The Bertz CT molecular complexity index is 235. The molecule has 0 saturated carbocycles. The van der Waals surface area contributed by atoms with E-state index in [0.29, 0.717) is 5.82 Å². The van der Waals surface area contributed by atoms with E-state index in [4.69, 9.17) is 11.5 Å². The molecule has 0 aliphatic carbocycles. The van der Waals surface area contributed by atoms with Gasteiger partial charge in [0.15, 0.2) is 0 Å². The molecule has 66 valence electrons. The first-order chi connectivity index (χ1) is 5.84. The maximum atomic E-state index is 5.66. The Morgan fingerprint density at radius 2 is 2.17 bits per heavy atom. The normalized spacial score (nSPS) is 10.1. The summed E-state index contributed by atoms with van der Waals surface area (Å²) in [6.07, 6.45) is 4.83. The molecule has 1 aromatic rings. The Morgan fingerprint density at radius 1 is 1.33 bits per heavy atom. The van der Waals surface area contributed by atoms with Gasteiger partial charge in [-0.3, -0.25) is 0 Å². The largest absolute Gasteiger partial charge is 0.383 e. The molecule has 0 aliphatic heterocycles. The zero-order valence-corrected chi connectivity index (χ0v) is 7.16. The second kappa shape index (κ2) is 4.72. The fraction of sp³-hybridized carbons (Fsp3) is 0.444. The highest BCUT2D eigenvalue weighted by Crippen LogP contribution is 2.09. The van der Waals surface area contributed by atoms with Crippen molar-refractivity contribution in [2.75, 3.05) is 12.3 Å². The molecular formula is C9H15N3. The molecule has 1 aromatic heterocycles. The Balaban J connectivity index is 2.46. The number of aryl methyl sites for hydroxylation is 1. The summed E-state index contributed by atoms with van der Waals surface area (Å²) in [6, 6.07) is 3.92. The quantitative estimate of drug-likeness (QED) is 0.653. The minimum atomic E-state index is 0.648. The number of nitrogens with zero attached hydrogens (tertiary/aromatic N) is 1. The van der Waals surface area contributed by atoms with Crippen molar-refractivity contribution in [1.29, 1.82) is 0 Å². The summed E-state index contributed by atoms with van der Waals surface area (Å²) < 4.78 is 0. The van der Waals surface area contributed by atoms with Crippen LogP contribution >= 0.6 is 0 Å². The molecule has 0 unspecified atom stereocenters. The highest BCUT2D eigenvalue weighted by Gasteiger charge is 1.97. The molecule has 3 heteroatoms. The first-order valence-electron chi connectivity index (χ1n) is 4.24. The van der Waals surface area contributed by atoms with Crippen molar-refractivity contribution in [3.63, 3.8) is 0 Å². The van der Waals surface area contributed by atoms with Gasteiger partial charge in [0.2, 0.25) is 0 Å². The Kier molecular flexibility index (Phi) is 3.54. The topological polar surface area (TPSA) is 64.9 Å². The predicted molar refractivity (Wildman–Crippen MR) is 50.6 cm³/mol. The Labute approximate surface area is 72.8 Å². The van der Waals surface area contributed by atoms with Crippen molar-refractivity contribution >= 4 is 5.82 Å². The third-order valence-electron chi connectivity index (χ3n) is 1.83. The molecule has 3 nitrogen and oxygen atoms in total. The second-order valence-corrected chi connectivity index (χ2v) is 2.79. The smallest absolute Gasteiger partial charge is 0.126 e. The lowest BCUT2D eigenvalue weighted by Gasteiger charge is -2.02. The number of anilines is 1. The number of rotatable bonds is 4. The number of unbranched alkanes of at least 4 members (excludes halogenated alkanes) is 1. The van der Waals surface area contributed by atoms with E-state index in [1.54, 1.807) is 6.20 Å². The first kappa shape index (κ1) is 9.00. The summed E-state index contributed by atoms with van der Waals surface area (Å²) in [4.78, 5) is 4.00. The van der Waals surface area contributed by atoms with Crippen LogP contribution in [-0.4, -0.2) is 11.5 Å². The van der Waals surface area contributed by atoms with Crippen molar-refractivity contribution in [1.82, 2.24) is 4.98 Å². The molecule has 0 aromatic carbocycles. The second-order valence-electron chi connectivity index (χ2n) is 2.79. The molecule has 0 aliphatic rings. The molecule has 0 amide bonds. The summed E-state index contributed by atoms with van der Waals surface area (Å²) >= 11 is 0. The van der Waals surface area contributed by atoms with Crippen LogP contribution in [0.2, 0.25) is 0 Å². The first-order valence-corrected chi connectivity index (χ1v) is 4.24. The van der Waals surface area contributed by atoms with Crippen LogP contribution < -0.4 is 11.5 Å². The minimum absolute atomic E-state index is 0.648. The molecule has 0 bridgehead atoms. The minimum Gasteiger partial charge on any atom is -0.383 e. The third kappa shape index (κ3) is 2.51. The van der Waals surface area contributed by atoms with E-state index in [9.17, 15) is 0 Å². The SMILES string of the molecule is NCCCCc1cccnc1N. The lowest BCUT2D eigenvalue weighted by atomic mass is 10.1. The van der Waals surface area contributed by atoms with Gasteiger partial charge in [-0.05, 0) is 37.4 Å². The maximum absolute atomic E-state index is 5.66. The van der Waals surface area contributed by atoms with Gasteiger partial charge in [0.25, 0.3) is 0 Å². The highest BCUT2D eigenvalue weighted by atomic mass is 14.8. The monoisotopic (exact) mass is 165 g/mol. The van der Waals surface area contributed by atoms with Crippen molar-refractivity contribution in [2.24, 2.45) is 5.73 Å². The van der Waals surface area contributed by atoms with Crippen LogP contribution in [0, 0.1) is 0 Å².